The van der Waals surface area contributed by atoms with E-state index < -0.39 is 5.60 Å². The van der Waals surface area contributed by atoms with Crippen LogP contribution < -0.4 is 15.4 Å². The van der Waals surface area contributed by atoms with Crippen LogP contribution in [-0.4, -0.2) is 47.5 Å². The first-order valence-corrected chi connectivity index (χ1v) is 10.4. The van der Waals surface area contributed by atoms with Crippen molar-refractivity contribution < 1.29 is 14.3 Å². The number of nitrogens with two attached hydrogens (primary N) is 1. The second-order valence-electron chi connectivity index (χ2n) is 8.64. The van der Waals surface area contributed by atoms with Crippen molar-refractivity contribution in [3.05, 3.63) is 23.8 Å². The minimum absolute atomic E-state index is 0.0229. The Hall–Kier alpha value is -2.08. The smallest absolute Gasteiger partial charge is 0.270 e. The summed E-state index contributed by atoms with van der Waals surface area (Å²) < 4.78 is 5.91. The van der Waals surface area contributed by atoms with Crippen molar-refractivity contribution in [2.24, 2.45) is 5.73 Å². The van der Waals surface area contributed by atoms with Crippen molar-refractivity contribution in [1.82, 2.24) is 4.90 Å². The highest BCUT2D eigenvalue weighted by molar-refractivity contribution is 6.04. The molecule has 1 heterocycles. The van der Waals surface area contributed by atoms with Crippen molar-refractivity contribution in [2.75, 3.05) is 18.0 Å². The normalized spacial score (nSPS) is 19.4. The fourth-order valence-electron chi connectivity index (χ4n) is 4.38. The Morgan fingerprint density at radius 1 is 1.29 bits per heavy atom. The van der Waals surface area contributed by atoms with E-state index in [0.717, 1.165) is 12.8 Å². The Morgan fingerprint density at radius 3 is 2.57 bits per heavy atom. The van der Waals surface area contributed by atoms with E-state index in [4.69, 9.17) is 10.5 Å². The van der Waals surface area contributed by atoms with Crippen LogP contribution in [-0.2, 0) is 4.79 Å². The van der Waals surface area contributed by atoms with Crippen molar-refractivity contribution >= 4 is 17.5 Å². The van der Waals surface area contributed by atoms with Gasteiger partial charge in [0.05, 0.1) is 5.69 Å². The predicted octanol–water partition coefficient (Wildman–Crippen LogP) is 3.33. The third kappa shape index (κ3) is 3.88. The van der Waals surface area contributed by atoms with E-state index in [1.54, 1.807) is 30.9 Å². The van der Waals surface area contributed by atoms with Crippen LogP contribution in [0.4, 0.5) is 5.69 Å². The van der Waals surface area contributed by atoms with Crippen LogP contribution in [0.15, 0.2) is 18.2 Å². The van der Waals surface area contributed by atoms with Crippen molar-refractivity contribution in [2.45, 2.75) is 77.5 Å². The summed E-state index contributed by atoms with van der Waals surface area (Å²) in [6.45, 7) is 8.39. The molecule has 1 fully saturated rings. The quantitative estimate of drug-likeness (QED) is 0.841. The maximum absolute atomic E-state index is 13.4. The van der Waals surface area contributed by atoms with Gasteiger partial charge >= 0.3 is 0 Å². The van der Waals surface area contributed by atoms with Crippen LogP contribution >= 0.6 is 0 Å². The van der Waals surface area contributed by atoms with Gasteiger partial charge in [-0.15, -0.1) is 0 Å². The molecule has 154 valence electrons. The summed E-state index contributed by atoms with van der Waals surface area (Å²) in [6, 6.07) is 5.82. The Morgan fingerprint density at radius 2 is 1.96 bits per heavy atom. The summed E-state index contributed by atoms with van der Waals surface area (Å²) in [6.07, 6.45) is 5.72. The number of hydrogen-bond acceptors (Lipinski definition) is 4. The molecular weight excluding hydrogens is 354 g/mol. The fraction of sp³-hybridized carbons (Fsp3) is 0.636. The third-order valence-corrected chi connectivity index (χ3v) is 5.73. The molecule has 0 atom stereocenters. The number of fused-ring (bicyclic) bond motifs is 1. The highest BCUT2D eigenvalue weighted by Crippen LogP contribution is 2.38. The van der Waals surface area contributed by atoms with Crippen LogP contribution in [0.25, 0.3) is 0 Å². The average Bonchev–Trinajstić information content (AvgIpc) is 2.65. The van der Waals surface area contributed by atoms with Crippen molar-refractivity contribution in [3.8, 4) is 5.75 Å². The molecule has 2 amide bonds. The molecule has 3 rings (SSSR count). The number of ether oxygens (including phenoxy) is 1. The Labute approximate surface area is 168 Å². The van der Waals surface area contributed by atoms with Crippen LogP contribution in [0.2, 0.25) is 0 Å². The number of nitrogens with zero attached hydrogens (tertiary/aromatic N) is 2. The molecule has 1 aromatic rings. The van der Waals surface area contributed by atoms with E-state index in [0.29, 0.717) is 30.1 Å². The van der Waals surface area contributed by atoms with Crippen molar-refractivity contribution in [1.29, 1.82) is 0 Å². The van der Waals surface area contributed by atoms with Gasteiger partial charge in [0, 0.05) is 30.7 Å². The number of benzene rings is 1. The number of rotatable bonds is 5. The van der Waals surface area contributed by atoms with Gasteiger partial charge in [0.1, 0.15) is 5.75 Å². The first kappa shape index (κ1) is 20.6. The molecule has 2 aliphatic rings. The molecule has 1 aliphatic heterocycles. The van der Waals surface area contributed by atoms with Crippen LogP contribution in [0.1, 0.15) is 70.2 Å². The zero-order valence-corrected chi connectivity index (χ0v) is 17.5. The number of carbonyl (C=O) groups is 2. The van der Waals surface area contributed by atoms with Gasteiger partial charge in [-0.3, -0.25) is 9.59 Å². The van der Waals surface area contributed by atoms with Gasteiger partial charge in [0.2, 0.25) is 0 Å². The zero-order valence-electron chi connectivity index (χ0n) is 17.5. The van der Waals surface area contributed by atoms with Gasteiger partial charge in [-0.25, -0.2) is 0 Å². The maximum atomic E-state index is 13.4. The van der Waals surface area contributed by atoms with Gasteiger partial charge in [0.15, 0.2) is 5.60 Å². The number of hydrogen-bond donors (Lipinski definition) is 1. The highest BCUT2D eigenvalue weighted by Gasteiger charge is 2.41. The molecule has 0 unspecified atom stereocenters. The van der Waals surface area contributed by atoms with E-state index in [9.17, 15) is 9.59 Å². The molecule has 1 aromatic carbocycles. The Bertz CT molecular complexity index is 739. The van der Waals surface area contributed by atoms with Gasteiger partial charge < -0.3 is 20.3 Å². The summed E-state index contributed by atoms with van der Waals surface area (Å²) >= 11 is 0. The number of anilines is 1. The largest absolute Gasteiger partial charge is 0.476 e. The average molecular weight is 388 g/mol. The molecule has 0 radical (unpaired) electrons. The van der Waals surface area contributed by atoms with E-state index in [1.807, 2.05) is 11.0 Å². The van der Waals surface area contributed by atoms with E-state index in [2.05, 4.69) is 13.8 Å². The summed E-state index contributed by atoms with van der Waals surface area (Å²) in [5.41, 5.74) is 6.02. The molecule has 1 saturated carbocycles. The molecule has 0 spiro atoms. The SMILES string of the molecule is CC(C)N(C(=O)c1ccc2c(c1)N(CCN)C(=O)C(C)(C)O2)C1CCCCC1. The van der Waals surface area contributed by atoms with Crippen LogP contribution in [0.5, 0.6) is 5.75 Å². The molecule has 1 aliphatic carbocycles. The van der Waals surface area contributed by atoms with Crippen LogP contribution in [0, 0.1) is 0 Å². The summed E-state index contributed by atoms with van der Waals surface area (Å²) in [5, 5.41) is 0. The van der Waals surface area contributed by atoms with E-state index >= 15 is 0 Å². The highest BCUT2D eigenvalue weighted by atomic mass is 16.5. The fourth-order valence-corrected chi connectivity index (χ4v) is 4.38. The standard InChI is InChI=1S/C22H33N3O3/c1-15(2)25(17-8-6-5-7-9-17)20(26)16-10-11-19-18(14-16)24(13-12-23)21(27)22(3,4)28-19/h10-11,14-15,17H,5-9,12-13,23H2,1-4H3. The predicted molar refractivity (Wildman–Crippen MR) is 111 cm³/mol. The molecule has 6 nitrogen and oxygen atoms in total. The summed E-state index contributed by atoms with van der Waals surface area (Å²) in [5.74, 6) is 0.501. The topological polar surface area (TPSA) is 75.9 Å². The molecule has 0 aromatic heterocycles. The van der Waals surface area contributed by atoms with Gasteiger partial charge in [-0.2, -0.15) is 0 Å². The number of carbonyl (C=O) groups excluding carboxylic acids is 2. The lowest BCUT2D eigenvalue weighted by molar-refractivity contribution is -0.132. The molecule has 6 heteroatoms. The lowest BCUT2D eigenvalue weighted by Gasteiger charge is -2.40. The van der Waals surface area contributed by atoms with Crippen molar-refractivity contribution in [3.63, 3.8) is 0 Å². The minimum Gasteiger partial charge on any atom is -0.476 e. The molecule has 0 saturated heterocycles. The lowest BCUT2D eigenvalue weighted by atomic mass is 9.92. The zero-order chi connectivity index (χ0) is 20.5. The summed E-state index contributed by atoms with van der Waals surface area (Å²) in [7, 11) is 0. The lowest BCUT2D eigenvalue weighted by Crippen LogP contribution is -2.53. The third-order valence-electron chi connectivity index (χ3n) is 5.73. The molecular formula is C22H33N3O3. The first-order chi connectivity index (χ1) is 13.3. The van der Waals surface area contributed by atoms with E-state index in [-0.39, 0.29) is 23.9 Å². The monoisotopic (exact) mass is 387 g/mol. The Balaban J connectivity index is 1.95. The number of amides is 2. The minimum atomic E-state index is -0.945. The van der Waals surface area contributed by atoms with E-state index in [1.165, 1.54) is 19.3 Å². The second-order valence-corrected chi connectivity index (χ2v) is 8.64. The maximum Gasteiger partial charge on any atom is 0.270 e. The molecule has 2 N–H and O–H groups in total. The van der Waals surface area contributed by atoms with Crippen LogP contribution in [0.3, 0.4) is 0 Å². The van der Waals surface area contributed by atoms with Gasteiger partial charge in [-0.1, -0.05) is 19.3 Å². The molecule has 0 bridgehead atoms. The first-order valence-electron chi connectivity index (χ1n) is 10.4. The summed E-state index contributed by atoms with van der Waals surface area (Å²) in [4.78, 5) is 29.9. The van der Waals surface area contributed by atoms with Gasteiger partial charge in [0.25, 0.3) is 11.8 Å². The molecule has 28 heavy (non-hydrogen) atoms. The van der Waals surface area contributed by atoms with Gasteiger partial charge in [-0.05, 0) is 58.7 Å². The second kappa shape index (κ2) is 8.11. The Kier molecular flexibility index (Phi) is 5.98.